The maximum Gasteiger partial charge on any atom is 0.318 e. The molecule has 0 amide bonds. The number of benzene rings is 2. The standard InChI is InChI=1S/C20H25ClO2Si/c1-2-3-17-24(18-11-6-4-7-12-18,19-13-8-5-9-14-19)23-20(22)15-10-16-21/h4-9,11-14H,2-3,10,15-17H2,1H3. The zero-order valence-corrected chi connectivity index (χ0v) is 16.0. The Hall–Kier alpha value is -1.58. The second kappa shape index (κ2) is 9.65. The highest BCUT2D eigenvalue weighted by molar-refractivity contribution is 6.98. The summed E-state index contributed by atoms with van der Waals surface area (Å²) in [5, 5.41) is 2.31. The summed E-state index contributed by atoms with van der Waals surface area (Å²) in [5.74, 6) is 0.348. The van der Waals surface area contributed by atoms with Crippen LogP contribution in [-0.2, 0) is 9.22 Å². The van der Waals surface area contributed by atoms with Crippen LogP contribution in [0.5, 0.6) is 0 Å². The Morgan fingerprint density at radius 2 is 1.50 bits per heavy atom. The number of alkyl halides is 1. The molecule has 0 aliphatic rings. The van der Waals surface area contributed by atoms with Crippen molar-refractivity contribution in [3.8, 4) is 0 Å². The van der Waals surface area contributed by atoms with E-state index < -0.39 is 8.32 Å². The molecule has 0 atom stereocenters. The van der Waals surface area contributed by atoms with Crippen LogP contribution in [0.3, 0.4) is 0 Å². The van der Waals surface area contributed by atoms with Gasteiger partial charge in [0.25, 0.3) is 5.97 Å². The molecule has 0 saturated carbocycles. The first-order valence-corrected chi connectivity index (χ1v) is 11.3. The average molecular weight is 361 g/mol. The van der Waals surface area contributed by atoms with Crippen molar-refractivity contribution in [3.63, 3.8) is 0 Å². The number of unbranched alkanes of at least 4 members (excludes halogenated alkanes) is 1. The van der Waals surface area contributed by atoms with Gasteiger partial charge in [-0.1, -0.05) is 80.4 Å². The van der Waals surface area contributed by atoms with Gasteiger partial charge in [-0.15, -0.1) is 11.6 Å². The summed E-state index contributed by atoms with van der Waals surface area (Å²) >= 11 is 5.74. The highest BCUT2D eigenvalue weighted by Gasteiger charge is 2.42. The van der Waals surface area contributed by atoms with Crippen LogP contribution in [0, 0.1) is 0 Å². The largest absolute Gasteiger partial charge is 0.510 e. The highest BCUT2D eigenvalue weighted by Crippen LogP contribution is 2.18. The SMILES string of the molecule is CCCC[Si](OC(=O)CCCCl)(c1ccccc1)c1ccccc1. The fraction of sp³-hybridized carbons (Fsp3) is 0.350. The minimum Gasteiger partial charge on any atom is -0.510 e. The average Bonchev–Trinajstić information content (AvgIpc) is 2.65. The minimum absolute atomic E-state index is 0.133. The van der Waals surface area contributed by atoms with Gasteiger partial charge in [0.1, 0.15) is 0 Å². The van der Waals surface area contributed by atoms with E-state index in [1.807, 2.05) is 36.4 Å². The molecule has 128 valence electrons. The smallest absolute Gasteiger partial charge is 0.318 e. The van der Waals surface area contributed by atoms with E-state index in [4.69, 9.17) is 16.0 Å². The Kier molecular flexibility index (Phi) is 7.54. The van der Waals surface area contributed by atoms with Crippen molar-refractivity contribution in [1.82, 2.24) is 0 Å². The van der Waals surface area contributed by atoms with E-state index in [0.29, 0.717) is 18.7 Å². The Labute approximate surface area is 150 Å². The fourth-order valence-electron chi connectivity index (χ4n) is 2.92. The molecule has 0 unspecified atom stereocenters. The van der Waals surface area contributed by atoms with Gasteiger partial charge in [0.05, 0.1) is 0 Å². The lowest BCUT2D eigenvalue weighted by atomic mass is 10.3. The van der Waals surface area contributed by atoms with Crippen LogP contribution in [0.25, 0.3) is 0 Å². The zero-order chi connectivity index (χ0) is 17.3. The molecule has 0 saturated heterocycles. The number of hydrogen-bond acceptors (Lipinski definition) is 2. The Morgan fingerprint density at radius 1 is 0.958 bits per heavy atom. The minimum atomic E-state index is -2.57. The number of halogens is 1. The molecular formula is C20H25ClO2Si. The molecule has 2 rings (SSSR count). The van der Waals surface area contributed by atoms with E-state index in [0.717, 1.165) is 29.3 Å². The van der Waals surface area contributed by atoms with Gasteiger partial charge in [0.15, 0.2) is 0 Å². The molecule has 4 heteroatoms. The van der Waals surface area contributed by atoms with E-state index in [1.165, 1.54) is 0 Å². The monoisotopic (exact) mass is 360 g/mol. The number of carbonyl (C=O) groups is 1. The molecule has 2 aromatic carbocycles. The number of rotatable bonds is 9. The molecule has 2 aromatic rings. The summed E-state index contributed by atoms with van der Waals surface area (Å²) in [6.45, 7) is 2.17. The van der Waals surface area contributed by atoms with Crippen molar-refractivity contribution < 1.29 is 9.22 Å². The molecule has 2 nitrogen and oxygen atoms in total. The van der Waals surface area contributed by atoms with Gasteiger partial charge >= 0.3 is 8.32 Å². The number of hydrogen-bond donors (Lipinski definition) is 0. The number of carbonyl (C=O) groups excluding carboxylic acids is 1. The lowest BCUT2D eigenvalue weighted by molar-refractivity contribution is -0.135. The lowest BCUT2D eigenvalue weighted by Gasteiger charge is -2.32. The van der Waals surface area contributed by atoms with Crippen molar-refractivity contribution in [2.75, 3.05) is 5.88 Å². The Morgan fingerprint density at radius 3 is 1.96 bits per heavy atom. The summed E-state index contributed by atoms with van der Waals surface area (Å²) in [5.41, 5.74) is 0. The predicted molar refractivity (Wildman–Crippen MR) is 104 cm³/mol. The van der Waals surface area contributed by atoms with Crippen molar-refractivity contribution >= 4 is 36.3 Å². The molecule has 0 radical (unpaired) electrons. The van der Waals surface area contributed by atoms with Crippen LogP contribution in [0.1, 0.15) is 32.6 Å². The molecule has 0 heterocycles. The van der Waals surface area contributed by atoms with E-state index >= 15 is 0 Å². The molecule has 0 bridgehead atoms. The van der Waals surface area contributed by atoms with Gasteiger partial charge in [-0.25, -0.2) is 0 Å². The molecule has 0 fully saturated rings. The molecule has 24 heavy (non-hydrogen) atoms. The zero-order valence-electron chi connectivity index (χ0n) is 14.2. The Bertz CT molecular complexity index is 577. The third-order valence-corrected chi connectivity index (χ3v) is 8.60. The van der Waals surface area contributed by atoms with Crippen LogP contribution in [-0.4, -0.2) is 20.2 Å². The second-order valence-corrected chi connectivity index (χ2v) is 9.82. The molecule has 0 spiro atoms. The van der Waals surface area contributed by atoms with Crippen molar-refractivity contribution in [2.24, 2.45) is 0 Å². The van der Waals surface area contributed by atoms with Gasteiger partial charge in [-0.2, -0.15) is 0 Å². The lowest BCUT2D eigenvalue weighted by Crippen LogP contribution is -2.61. The van der Waals surface area contributed by atoms with Crippen molar-refractivity contribution in [1.29, 1.82) is 0 Å². The summed E-state index contributed by atoms with van der Waals surface area (Å²) in [6.07, 6.45) is 3.15. The van der Waals surface area contributed by atoms with E-state index in [9.17, 15) is 4.79 Å². The van der Waals surface area contributed by atoms with Crippen LogP contribution in [0.2, 0.25) is 6.04 Å². The van der Waals surface area contributed by atoms with E-state index in [-0.39, 0.29) is 5.97 Å². The van der Waals surface area contributed by atoms with Gasteiger partial charge in [-0.3, -0.25) is 4.79 Å². The van der Waals surface area contributed by atoms with Crippen LogP contribution in [0.4, 0.5) is 0 Å². The van der Waals surface area contributed by atoms with Gasteiger partial charge in [-0.05, 0) is 22.8 Å². The van der Waals surface area contributed by atoms with Crippen LogP contribution >= 0.6 is 11.6 Å². The van der Waals surface area contributed by atoms with Crippen LogP contribution < -0.4 is 10.4 Å². The third-order valence-electron chi connectivity index (χ3n) is 4.17. The summed E-state index contributed by atoms with van der Waals surface area (Å²) in [4.78, 5) is 12.5. The fourth-order valence-corrected chi connectivity index (χ4v) is 7.11. The molecule has 0 aliphatic carbocycles. The van der Waals surface area contributed by atoms with Gasteiger partial charge in [0.2, 0.25) is 0 Å². The molecule has 0 aromatic heterocycles. The predicted octanol–water partition coefficient (Wildman–Crippen LogP) is 4.11. The normalized spacial score (nSPS) is 11.2. The summed E-state index contributed by atoms with van der Waals surface area (Å²) < 4.78 is 6.26. The maximum atomic E-state index is 12.5. The summed E-state index contributed by atoms with van der Waals surface area (Å²) in [7, 11) is -2.57. The topological polar surface area (TPSA) is 26.3 Å². The van der Waals surface area contributed by atoms with E-state index in [2.05, 4.69) is 31.2 Å². The Balaban J connectivity index is 2.45. The van der Waals surface area contributed by atoms with Crippen molar-refractivity contribution in [2.45, 2.75) is 38.7 Å². The van der Waals surface area contributed by atoms with Gasteiger partial charge in [0, 0.05) is 12.3 Å². The van der Waals surface area contributed by atoms with E-state index in [1.54, 1.807) is 0 Å². The molecule has 0 aliphatic heterocycles. The molecular weight excluding hydrogens is 336 g/mol. The quantitative estimate of drug-likeness (QED) is 0.497. The van der Waals surface area contributed by atoms with Crippen molar-refractivity contribution in [3.05, 3.63) is 60.7 Å². The third kappa shape index (κ3) is 4.71. The highest BCUT2D eigenvalue weighted by atomic mass is 35.5. The second-order valence-electron chi connectivity index (χ2n) is 5.93. The summed E-state index contributed by atoms with van der Waals surface area (Å²) in [6, 6.07) is 21.4. The first-order valence-electron chi connectivity index (χ1n) is 8.62. The first kappa shape index (κ1) is 18.8. The van der Waals surface area contributed by atoms with Crippen LogP contribution in [0.15, 0.2) is 60.7 Å². The maximum absolute atomic E-state index is 12.5. The van der Waals surface area contributed by atoms with Gasteiger partial charge < -0.3 is 4.43 Å². The molecule has 0 N–H and O–H groups in total. The first-order chi connectivity index (χ1) is 11.7.